The maximum absolute atomic E-state index is 4.69. The van der Waals surface area contributed by atoms with Crippen LogP contribution in [0.4, 0.5) is 0 Å². The molecule has 0 saturated heterocycles. The van der Waals surface area contributed by atoms with Crippen LogP contribution in [0.3, 0.4) is 0 Å². The van der Waals surface area contributed by atoms with Gasteiger partial charge in [-0.3, -0.25) is 0 Å². The number of aromatic amines is 1. The van der Waals surface area contributed by atoms with Crippen molar-refractivity contribution in [3.05, 3.63) is 64.5 Å². The Morgan fingerprint density at radius 2 is 1.85 bits per heavy atom. The molecule has 20 heavy (non-hydrogen) atoms. The van der Waals surface area contributed by atoms with Gasteiger partial charge >= 0.3 is 0 Å². The van der Waals surface area contributed by atoms with E-state index in [0.29, 0.717) is 0 Å². The van der Waals surface area contributed by atoms with Gasteiger partial charge in [-0.2, -0.15) is 0 Å². The number of hydrogen-bond donors (Lipinski definition) is 1. The molecule has 0 fully saturated rings. The lowest BCUT2D eigenvalue weighted by Gasteiger charge is -2.07. The number of imidazole rings is 1. The van der Waals surface area contributed by atoms with Crippen molar-refractivity contribution in [3.63, 3.8) is 0 Å². The Labute approximate surface area is 119 Å². The third kappa shape index (κ3) is 2.46. The Hall–Kier alpha value is -2.09. The smallest absolute Gasteiger partial charge is 0.107 e. The molecule has 0 saturated carbocycles. The summed E-state index contributed by atoms with van der Waals surface area (Å²) in [7, 11) is 0. The van der Waals surface area contributed by atoms with E-state index in [1.54, 1.807) is 0 Å². The summed E-state index contributed by atoms with van der Waals surface area (Å²) in [5.74, 6) is 1.08. The van der Waals surface area contributed by atoms with Gasteiger partial charge in [-0.05, 0) is 61.6 Å². The molecule has 3 rings (SSSR count). The topological polar surface area (TPSA) is 28.7 Å². The number of fused-ring (bicyclic) bond motifs is 1. The summed E-state index contributed by atoms with van der Waals surface area (Å²) in [6, 6.07) is 12.9. The summed E-state index contributed by atoms with van der Waals surface area (Å²) in [6.07, 6.45) is 1.99. The van der Waals surface area contributed by atoms with Crippen LogP contribution in [0.1, 0.15) is 28.1 Å². The average molecular weight is 264 g/mol. The molecular formula is C18H20N2. The molecule has 0 bridgehead atoms. The molecule has 1 heterocycles. The molecular weight excluding hydrogens is 244 g/mol. The third-order valence-corrected chi connectivity index (χ3v) is 4.04. The van der Waals surface area contributed by atoms with Gasteiger partial charge in [0.25, 0.3) is 0 Å². The number of nitrogens with one attached hydrogen (secondary N) is 1. The lowest BCUT2D eigenvalue weighted by atomic mass is 10.00. The summed E-state index contributed by atoms with van der Waals surface area (Å²) in [6.45, 7) is 6.47. The number of aromatic nitrogens is 2. The first-order chi connectivity index (χ1) is 9.63. The molecule has 0 aliphatic carbocycles. The van der Waals surface area contributed by atoms with Gasteiger partial charge < -0.3 is 4.98 Å². The first kappa shape index (κ1) is 12.9. The van der Waals surface area contributed by atoms with Crippen LogP contribution in [0, 0.1) is 20.8 Å². The standard InChI is InChI=1S/C18H20N2/c1-12-7-9-16-17(11-12)20-18(19-16)10-8-15-6-4-5-13(2)14(15)3/h4-7,9,11H,8,10H2,1-3H3,(H,19,20). The second-order valence-corrected chi connectivity index (χ2v) is 5.56. The molecule has 0 amide bonds. The lowest BCUT2D eigenvalue weighted by Crippen LogP contribution is -1.97. The van der Waals surface area contributed by atoms with Gasteiger partial charge in [0.15, 0.2) is 0 Å². The van der Waals surface area contributed by atoms with E-state index < -0.39 is 0 Å². The number of rotatable bonds is 3. The van der Waals surface area contributed by atoms with Crippen LogP contribution in [0.15, 0.2) is 36.4 Å². The number of nitrogens with zero attached hydrogens (tertiary/aromatic N) is 1. The van der Waals surface area contributed by atoms with Crippen LogP contribution in [0.2, 0.25) is 0 Å². The fraction of sp³-hybridized carbons (Fsp3) is 0.278. The third-order valence-electron chi connectivity index (χ3n) is 4.04. The van der Waals surface area contributed by atoms with Crippen molar-refractivity contribution in [2.24, 2.45) is 0 Å². The van der Waals surface area contributed by atoms with Gasteiger partial charge in [-0.15, -0.1) is 0 Å². The second-order valence-electron chi connectivity index (χ2n) is 5.56. The molecule has 0 spiro atoms. The molecule has 1 aromatic heterocycles. The minimum absolute atomic E-state index is 0.956. The van der Waals surface area contributed by atoms with Crippen molar-refractivity contribution in [1.29, 1.82) is 0 Å². The van der Waals surface area contributed by atoms with Crippen LogP contribution >= 0.6 is 0 Å². The minimum atomic E-state index is 0.956. The average Bonchev–Trinajstić information content (AvgIpc) is 2.82. The van der Waals surface area contributed by atoms with E-state index >= 15 is 0 Å². The largest absolute Gasteiger partial charge is 0.342 e. The van der Waals surface area contributed by atoms with Crippen molar-refractivity contribution >= 4 is 11.0 Å². The van der Waals surface area contributed by atoms with Gasteiger partial charge in [0, 0.05) is 6.42 Å². The first-order valence-corrected chi connectivity index (χ1v) is 7.14. The highest BCUT2D eigenvalue weighted by Crippen LogP contribution is 2.17. The Morgan fingerprint density at radius 3 is 2.70 bits per heavy atom. The van der Waals surface area contributed by atoms with Crippen LogP contribution in [-0.2, 0) is 12.8 Å². The maximum Gasteiger partial charge on any atom is 0.107 e. The number of hydrogen-bond acceptors (Lipinski definition) is 1. The minimum Gasteiger partial charge on any atom is -0.342 e. The predicted octanol–water partition coefficient (Wildman–Crippen LogP) is 4.27. The molecule has 102 valence electrons. The number of H-pyrrole nitrogens is 1. The van der Waals surface area contributed by atoms with Crippen molar-refractivity contribution < 1.29 is 0 Å². The zero-order valence-electron chi connectivity index (χ0n) is 12.3. The van der Waals surface area contributed by atoms with Crippen molar-refractivity contribution in [1.82, 2.24) is 9.97 Å². The van der Waals surface area contributed by atoms with Crippen LogP contribution in [0.5, 0.6) is 0 Å². The zero-order chi connectivity index (χ0) is 14.1. The summed E-state index contributed by atoms with van der Waals surface area (Å²) in [5, 5.41) is 0. The predicted molar refractivity (Wildman–Crippen MR) is 84.2 cm³/mol. The molecule has 0 radical (unpaired) electrons. The SMILES string of the molecule is Cc1ccc2[nH]c(CCc3cccc(C)c3C)nc2c1. The van der Waals surface area contributed by atoms with Gasteiger partial charge in [-0.1, -0.05) is 24.3 Å². The normalized spacial score (nSPS) is 11.2. The molecule has 0 unspecified atom stereocenters. The molecule has 3 aromatic rings. The van der Waals surface area contributed by atoms with E-state index in [1.165, 1.54) is 22.3 Å². The number of aryl methyl sites for hydroxylation is 4. The summed E-state index contributed by atoms with van der Waals surface area (Å²) in [5.41, 5.74) is 7.64. The van der Waals surface area contributed by atoms with Crippen molar-refractivity contribution in [2.75, 3.05) is 0 Å². The van der Waals surface area contributed by atoms with E-state index in [0.717, 1.165) is 29.7 Å². The number of benzene rings is 2. The van der Waals surface area contributed by atoms with Crippen molar-refractivity contribution in [3.8, 4) is 0 Å². The Kier molecular flexibility index (Phi) is 3.31. The highest BCUT2D eigenvalue weighted by atomic mass is 14.9. The van der Waals surface area contributed by atoms with Crippen LogP contribution in [-0.4, -0.2) is 9.97 Å². The Morgan fingerprint density at radius 1 is 1.00 bits per heavy atom. The quantitative estimate of drug-likeness (QED) is 0.751. The van der Waals surface area contributed by atoms with Gasteiger partial charge in [0.2, 0.25) is 0 Å². The highest BCUT2D eigenvalue weighted by molar-refractivity contribution is 5.75. The molecule has 1 N–H and O–H groups in total. The van der Waals surface area contributed by atoms with E-state index in [1.807, 2.05) is 0 Å². The van der Waals surface area contributed by atoms with Crippen molar-refractivity contribution in [2.45, 2.75) is 33.6 Å². The second kappa shape index (κ2) is 5.12. The molecule has 2 aromatic carbocycles. The first-order valence-electron chi connectivity index (χ1n) is 7.14. The fourth-order valence-electron chi connectivity index (χ4n) is 2.62. The lowest BCUT2D eigenvalue weighted by molar-refractivity contribution is 0.882. The molecule has 2 nitrogen and oxygen atoms in total. The summed E-state index contributed by atoms with van der Waals surface area (Å²) in [4.78, 5) is 8.10. The Balaban J connectivity index is 1.81. The summed E-state index contributed by atoms with van der Waals surface area (Å²) < 4.78 is 0. The van der Waals surface area contributed by atoms with E-state index in [2.05, 4.69) is 67.1 Å². The van der Waals surface area contributed by atoms with Crippen LogP contribution < -0.4 is 0 Å². The van der Waals surface area contributed by atoms with Gasteiger partial charge in [0.05, 0.1) is 11.0 Å². The highest BCUT2D eigenvalue weighted by Gasteiger charge is 2.05. The molecule has 0 aliphatic heterocycles. The summed E-state index contributed by atoms with van der Waals surface area (Å²) >= 11 is 0. The maximum atomic E-state index is 4.69. The van der Waals surface area contributed by atoms with Gasteiger partial charge in [0.1, 0.15) is 5.82 Å². The van der Waals surface area contributed by atoms with E-state index in [9.17, 15) is 0 Å². The molecule has 0 aliphatic rings. The van der Waals surface area contributed by atoms with Gasteiger partial charge in [-0.25, -0.2) is 4.98 Å². The molecule has 2 heteroatoms. The fourth-order valence-corrected chi connectivity index (χ4v) is 2.62. The monoisotopic (exact) mass is 264 g/mol. The zero-order valence-corrected chi connectivity index (χ0v) is 12.3. The van der Waals surface area contributed by atoms with Crippen LogP contribution in [0.25, 0.3) is 11.0 Å². The van der Waals surface area contributed by atoms with E-state index in [4.69, 9.17) is 0 Å². The molecule has 0 atom stereocenters. The Bertz CT molecular complexity index is 753. The van der Waals surface area contributed by atoms with E-state index in [-0.39, 0.29) is 0 Å².